The van der Waals surface area contributed by atoms with Crippen LogP contribution >= 0.6 is 0 Å². The molecule has 1 unspecified atom stereocenters. The molecule has 0 spiro atoms. The number of amides is 1. The van der Waals surface area contributed by atoms with Gasteiger partial charge in [-0.1, -0.05) is 12.1 Å². The number of halogens is 3. The molecule has 2 heterocycles. The summed E-state index contributed by atoms with van der Waals surface area (Å²) in [7, 11) is 0. The molecule has 1 saturated carbocycles. The van der Waals surface area contributed by atoms with E-state index >= 15 is 0 Å². The number of nitrogens with one attached hydrogen (secondary N) is 1. The van der Waals surface area contributed by atoms with Crippen LogP contribution in [0.15, 0.2) is 36.5 Å². The lowest BCUT2D eigenvalue weighted by Crippen LogP contribution is -2.45. The number of hydrogen-bond donors (Lipinski definition) is 1. The largest absolute Gasteiger partial charge is 0.416 e. The number of rotatable bonds is 5. The molecule has 0 saturated heterocycles. The van der Waals surface area contributed by atoms with Crippen molar-refractivity contribution in [2.75, 3.05) is 0 Å². The molecule has 1 aromatic carbocycles. The maximum absolute atomic E-state index is 13.7. The summed E-state index contributed by atoms with van der Waals surface area (Å²) in [4.78, 5) is 15.8. The van der Waals surface area contributed by atoms with Crippen LogP contribution in [0, 0.1) is 13.8 Å². The fraction of sp³-hybridized carbons (Fsp3) is 0.440. The van der Waals surface area contributed by atoms with Crippen LogP contribution in [-0.2, 0) is 25.6 Å². The van der Waals surface area contributed by atoms with E-state index in [4.69, 9.17) is 0 Å². The molecule has 33 heavy (non-hydrogen) atoms. The number of benzene rings is 1. The van der Waals surface area contributed by atoms with E-state index in [2.05, 4.69) is 15.1 Å². The molecular formula is C25H27F3N4O. The first kappa shape index (κ1) is 21.8. The van der Waals surface area contributed by atoms with Gasteiger partial charge in [0, 0.05) is 35.7 Å². The van der Waals surface area contributed by atoms with E-state index in [-0.39, 0.29) is 18.0 Å². The van der Waals surface area contributed by atoms with Gasteiger partial charge in [0.1, 0.15) is 0 Å². The first-order valence-corrected chi connectivity index (χ1v) is 11.4. The van der Waals surface area contributed by atoms with E-state index < -0.39 is 11.7 Å². The molecule has 0 aliphatic heterocycles. The van der Waals surface area contributed by atoms with Crippen molar-refractivity contribution in [2.24, 2.45) is 0 Å². The smallest absolute Gasteiger partial charge is 0.344 e. The summed E-state index contributed by atoms with van der Waals surface area (Å²) in [5.74, 6) is 0.0567. The first-order chi connectivity index (χ1) is 15.7. The Balaban J connectivity index is 1.38. The average Bonchev–Trinajstić information content (AvgIpc) is 3.42. The summed E-state index contributed by atoms with van der Waals surface area (Å²) >= 11 is 0. The zero-order valence-corrected chi connectivity index (χ0v) is 18.7. The number of H-pyrrole nitrogens is 1. The third-order valence-corrected chi connectivity index (χ3v) is 6.98. The molecule has 2 aliphatic carbocycles. The van der Waals surface area contributed by atoms with Crippen LogP contribution in [0.3, 0.4) is 0 Å². The van der Waals surface area contributed by atoms with E-state index in [1.54, 1.807) is 0 Å². The number of aromatic nitrogens is 3. The van der Waals surface area contributed by atoms with E-state index in [0.29, 0.717) is 12.1 Å². The van der Waals surface area contributed by atoms with Crippen LogP contribution in [0.1, 0.15) is 63.4 Å². The van der Waals surface area contributed by atoms with Gasteiger partial charge in [-0.05, 0) is 75.3 Å². The molecule has 1 amide bonds. The Hall–Kier alpha value is -3.03. The third-order valence-electron chi connectivity index (χ3n) is 6.98. The summed E-state index contributed by atoms with van der Waals surface area (Å²) in [5.41, 5.74) is 4.93. The lowest BCUT2D eigenvalue weighted by atomic mass is 9.92. The normalized spacial score (nSPS) is 18.3. The highest BCUT2D eigenvalue weighted by Gasteiger charge is 2.40. The standard InChI is InChI=1S/C25H27F3N4O/c1-15-11-22(16(2)31(15)14-17-3-5-19(6-4-17)25(26,27)28)24(33)32(20-7-8-20)21-9-10-23-18(12-21)13-29-30-23/h3-6,11,13,20-21H,7-10,12,14H2,1-2H3,(H,29,30). The monoisotopic (exact) mass is 456 g/mol. The van der Waals surface area contributed by atoms with Crippen molar-refractivity contribution >= 4 is 5.91 Å². The van der Waals surface area contributed by atoms with E-state index in [1.165, 1.54) is 23.4 Å². The van der Waals surface area contributed by atoms with Crippen LogP contribution in [0.5, 0.6) is 0 Å². The predicted molar refractivity (Wildman–Crippen MR) is 118 cm³/mol. The molecule has 3 aromatic rings. The van der Waals surface area contributed by atoms with Crippen molar-refractivity contribution in [3.8, 4) is 0 Å². The van der Waals surface area contributed by atoms with Gasteiger partial charge in [0.2, 0.25) is 0 Å². The zero-order chi connectivity index (χ0) is 23.3. The molecule has 1 atom stereocenters. The van der Waals surface area contributed by atoms with Gasteiger partial charge < -0.3 is 9.47 Å². The highest BCUT2D eigenvalue weighted by Crippen LogP contribution is 2.35. The Labute approximate surface area is 190 Å². The number of aryl methyl sites for hydroxylation is 2. The van der Waals surface area contributed by atoms with Gasteiger partial charge in [-0.3, -0.25) is 9.89 Å². The zero-order valence-electron chi connectivity index (χ0n) is 18.7. The van der Waals surface area contributed by atoms with Gasteiger partial charge in [-0.25, -0.2) is 0 Å². The number of carbonyl (C=O) groups is 1. The molecule has 0 bridgehead atoms. The lowest BCUT2D eigenvalue weighted by molar-refractivity contribution is -0.137. The molecule has 174 valence electrons. The summed E-state index contributed by atoms with van der Waals surface area (Å²) in [6.07, 6.45) is 2.21. The third kappa shape index (κ3) is 4.18. The maximum Gasteiger partial charge on any atom is 0.416 e. The van der Waals surface area contributed by atoms with Crippen LogP contribution < -0.4 is 0 Å². The van der Waals surface area contributed by atoms with Crippen molar-refractivity contribution in [3.63, 3.8) is 0 Å². The van der Waals surface area contributed by atoms with E-state index in [9.17, 15) is 18.0 Å². The average molecular weight is 457 g/mol. The van der Waals surface area contributed by atoms with Gasteiger partial charge in [-0.2, -0.15) is 18.3 Å². The van der Waals surface area contributed by atoms with Crippen LogP contribution in [0.2, 0.25) is 0 Å². The molecule has 2 aromatic heterocycles. The number of carbonyl (C=O) groups excluding carboxylic acids is 1. The van der Waals surface area contributed by atoms with E-state index in [0.717, 1.165) is 61.2 Å². The topological polar surface area (TPSA) is 53.9 Å². The number of alkyl halides is 3. The quantitative estimate of drug-likeness (QED) is 0.584. The second kappa shape index (κ2) is 8.08. The molecule has 1 fully saturated rings. The van der Waals surface area contributed by atoms with Crippen LogP contribution in [-0.4, -0.2) is 37.7 Å². The number of hydrogen-bond acceptors (Lipinski definition) is 2. The van der Waals surface area contributed by atoms with Crippen LogP contribution in [0.4, 0.5) is 13.2 Å². The Bertz CT molecular complexity index is 1170. The van der Waals surface area contributed by atoms with Crippen molar-refractivity contribution in [2.45, 2.75) is 70.8 Å². The summed E-state index contributed by atoms with van der Waals surface area (Å²) in [6.45, 7) is 4.28. The lowest BCUT2D eigenvalue weighted by Gasteiger charge is -2.34. The SMILES string of the molecule is Cc1cc(C(=O)N(C2CC2)C2CCc3[nH]ncc3C2)c(C)n1Cc1ccc(C(F)(F)F)cc1. The predicted octanol–water partition coefficient (Wildman–Crippen LogP) is 5.06. The summed E-state index contributed by atoms with van der Waals surface area (Å²) in [6, 6.07) is 7.59. The second-order valence-electron chi connectivity index (χ2n) is 9.28. The summed E-state index contributed by atoms with van der Waals surface area (Å²) < 4.78 is 40.6. The minimum absolute atomic E-state index is 0.0567. The first-order valence-electron chi connectivity index (χ1n) is 11.4. The molecule has 2 aliphatic rings. The van der Waals surface area contributed by atoms with E-state index in [1.807, 2.05) is 30.7 Å². The van der Waals surface area contributed by atoms with Gasteiger partial charge in [0.15, 0.2) is 0 Å². The summed E-state index contributed by atoms with van der Waals surface area (Å²) in [5, 5.41) is 7.21. The molecule has 5 nitrogen and oxygen atoms in total. The van der Waals surface area contributed by atoms with Gasteiger partial charge in [-0.15, -0.1) is 0 Å². The molecule has 5 rings (SSSR count). The molecule has 8 heteroatoms. The van der Waals surface area contributed by atoms with Crippen molar-refractivity contribution < 1.29 is 18.0 Å². The maximum atomic E-state index is 13.7. The molecule has 1 N–H and O–H groups in total. The Morgan fingerprint density at radius 2 is 1.88 bits per heavy atom. The van der Waals surface area contributed by atoms with Crippen molar-refractivity contribution in [1.82, 2.24) is 19.7 Å². The minimum atomic E-state index is -4.35. The van der Waals surface area contributed by atoms with Gasteiger partial charge in [0.05, 0.1) is 17.3 Å². The Kier molecular flexibility index (Phi) is 5.34. The molecule has 0 radical (unpaired) electrons. The second-order valence-corrected chi connectivity index (χ2v) is 9.28. The Morgan fingerprint density at radius 3 is 2.55 bits per heavy atom. The fourth-order valence-corrected chi connectivity index (χ4v) is 5.00. The fourth-order valence-electron chi connectivity index (χ4n) is 5.00. The Morgan fingerprint density at radius 1 is 1.15 bits per heavy atom. The van der Waals surface area contributed by atoms with Crippen LogP contribution in [0.25, 0.3) is 0 Å². The number of aromatic amines is 1. The van der Waals surface area contributed by atoms with Gasteiger partial charge in [0.25, 0.3) is 5.91 Å². The number of fused-ring (bicyclic) bond motifs is 1. The molecular weight excluding hydrogens is 429 g/mol. The highest BCUT2D eigenvalue weighted by atomic mass is 19.4. The highest BCUT2D eigenvalue weighted by molar-refractivity contribution is 5.96. The van der Waals surface area contributed by atoms with Crippen molar-refractivity contribution in [3.05, 3.63) is 75.9 Å². The minimum Gasteiger partial charge on any atom is -0.344 e. The number of nitrogens with zero attached hydrogens (tertiary/aromatic N) is 3. The van der Waals surface area contributed by atoms with Gasteiger partial charge >= 0.3 is 6.18 Å². The van der Waals surface area contributed by atoms with Crippen molar-refractivity contribution in [1.29, 1.82) is 0 Å².